The van der Waals surface area contributed by atoms with Gasteiger partial charge in [-0.05, 0) is 41.5 Å². The number of aromatic nitrogens is 2. The lowest BCUT2D eigenvalue weighted by atomic mass is 10.1. The van der Waals surface area contributed by atoms with Gasteiger partial charge in [-0.3, -0.25) is 4.68 Å². The molecule has 0 saturated carbocycles. The van der Waals surface area contributed by atoms with Crippen molar-refractivity contribution in [3.63, 3.8) is 0 Å². The van der Waals surface area contributed by atoms with Crippen LogP contribution in [-0.4, -0.2) is 34.7 Å². The van der Waals surface area contributed by atoms with E-state index in [-0.39, 0.29) is 16.5 Å². The lowest BCUT2D eigenvalue weighted by molar-refractivity contribution is 0.423. The molecule has 1 rings (SSSR count). The van der Waals surface area contributed by atoms with E-state index in [1.165, 1.54) is 0 Å². The van der Waals surface area contributed by atoms with Crippen LogP contribution in [0.15, 0.2) is 6.20 Å². The van der Waals surface area contributed by atoms with Crippen molar-refractivity contribution in [3.05, 3.63) is 17.5 Å². The Balaban J connectivity index is 2.68. The van der Waals surface area contributed by atoms with Crippen molar-refractivity contribution >= 4 is 9.84 Å². The van der Waals surface area contributed by atoms with Gasteiger partial charge in [-0.15, -0.1) is 0 Å². The van der Waals surface area contributed by atoms with Crippen molar-refractivity contribution in [3.8, 4) is 0 Å². The third kappa shape index (κ3) is 4.90. The molecule has 1 aromatic rings. The molecule has 5 nitrogen and oxygen atoms in total. The van der Waals surface area contributed by atoms with Gasteiger partial charge in [-0.2, -0.15) is 5.10 Å². The Morgan fingerprint density at radius 3 is 2.45 bits per heavy atom. The average molecular weight is 301 g/mol. The molecule has 0 aliphatic rings. The highest BCUT2D eigenvalue weighted by atomic mass is 32.2. The third-order valence-corrected chi connectivity index (χ3v) is 5.51. The Hall–Kier alpha value is -0.880. The van der Waals surface area contributed by atoms with Gasteiger partial charge in [0.15, 0.2) is 9.84 Å². The van der Waals surface area contributed by atoms with E-state index in [4.69, 9.17) is 0 Å². The number of nitrogens with one attached hydrogen (secondary N) is 1. The lowest BCUT2D eigenvalue weighted by Gasteiger charge is -2.20. The molecular weight excluding hydrogens is 274 g/mol. The first-order valence-electron chi connectivity index (χ1n) is 7.01. The van der Waals surface area contributed by atoms with Gasteiger partial charge in [0.2, 0.25) is 0 Å². The molecule has 116 valence electrons. The van der Waals surface area contributed by atoms with Gasteiger partial charge < -0.3 is 5.32 Å². The molecule has 20 heavy (non-hydrogen) atoms. The van der Waals surface area contributed by atoms with Crippen LogP contribution in [0, 0.1) is 6.92 Å². The zero-order valence-corrected chi connectivity index (χ0v) is 14.2. The third-order valence-electron chi connectivity index (χ3n) is 3.32. The minimum atomic E-state index is -3.02. The van der Waals surface area contributed by atoms with Crippen molar-refractivity contribution in [2.45, 2.75) is 65.4 Å². The molecule has 0 bridgehead atoms. The summed E-state index contributed by atoms with van der Waals surface area (Å²) in [5, 5.41) is 7.37. The van der Waals surface area contributed by atoms with Crippen LogP contribution in [0.4, 0.5) is 0 Å². The molecule has 0 radical (unpaired) electrons. The summed E-state index contributed by atoms with van der Waals surface area (Å²) >= 11 is 0. The summed E-state index contributed by atoms with van der Waals surface area (Å²) in [4.78, 5) is 0. The van der Waals surface area contributed by atoms with E-state index < -0.39 is 9.84 Å². The Kier molecular flexibility index (Phi) is 5.38. The summed E-state index contributed by atoms with van der Waals surface area (Å²) in [7, 11) is -3.02. The number of aryl methyl sites for hydroxylation is 1. The maximum absolute atomic E-state index is 11.8. The van der Waals surface area contributed by atoms with Crippen molar-refractivity contribution in [1.82, 2.24) is 15.1 Å². The fraction of sp³-hybridized carbons (Fsp3) is 0.786. The fourth-order valence-corrected chi connectivity index (χ4v) is 2.59. The smallest absolute Gasteiger partial charge is 0.154 e. The minimum Gasteiger partial charge on any atom is -0.308 e. The van der Waals surface area contributed by atoms with Crippen LogP contribution in [-0.2, 0) is 22.9 Å². The molecule has 0 aromatic carbocycles. The standard InChI is InChI=1S/C14H27N3O2S/c1-11(2)20(18,19)8-7-17-12(3)13(10-16-17)9-15-14(4,5)6/h10-11,15H,7-9H2,1-6H3. The molecule has 0 unspecified atom stereocenters. The predicted octanol–water partition coefficient (Wildman–Crippen LogP) is 1.90. The Morgan fingerprint density at radius 1 is 1.35 bits per heavy atom. The van der Waals surface area contributed by atoms with Gasteiger partial charge in [0, 0.05) is 23.3 Å². The van der Waals surface area contributed by atoms with E-state index in [1.54, 1.807) is 18.5 Å². The quantitative estimate of drug-likeness (QED) is 0.871. The van der Waals surface area contributed by atoms with Crippen LogP contribution >= 0.6 is 0 Å². The zero-order chi connectivity index (χ0) is 15.6. The Labute approximate surface area is 122 Å². The molecule has 1 aromatic heterocycles. The molecule has 1 heterocycles. The van der Waals surface area contributed by atoms with Gasteiger partial charge in [0.1, 0.15) is 0 Å². The number of nitrogens with zero attached hydrogens (tertiary/aromatic N) is 2. The van der Waals surface area contributed by atoms with Crippen molar-refractivity contribution in [2.75, 3.05) is 5.75 Å². The molecule has 0 fully saturated rings. The fourth-order valence-electron chi connectivity index (χ4n) is 1.69. The first kappa shape index (κ1) is 17.2. The van der Waals surface area contributed by atoms with Crippen LogP contribution in [0.2, 0.25) is 0 Å². The average Bonchev–Trinajstić information content (AvgIpc) is 2.64. The second-order valence-electron chi connectivity index (χ2n) is 6.50. The summed E-state index contributed by atoms with van der Waals surface area (Å²) in [6.07, 6.45) is 1.82. The van der Waals surface area contributed by atoms with Gasteiger partial charge >= 0.3 is 0 Å². The summed E-state index contributed by atoms with van der Waals surface area (Å²) < 4.78 is 25.4. The molecule has 0 aliphatic heterocycles. The number of hydrogen-bond acceptors (Lipinski definition) is 4. The molecular formula is C14H27N3O2S. The first-order chi connectivity index (χ1) is 9.03. The zero-order valence-electron chi connectivity index (χ0n) is 13.4. The van der Waals surface area contributed by atoms with Gasteiger partial charge in [-0.25, -0.2) is 8.42 Å². The van der Waals surface area contributed by atoms with E-state index in [0.29, 0.717) is 6.54 Å². The molecule has 0 saturated heterocycles. The Bertz CT molecular complexity index is 539. The molecule has 6 heteroatoms. The molecule has 0 atom stereocenters. The van der Waals surface area contributed by atoms with E-state index in [2.05, 4.69) is 31.2 Å². The van der Waals surface area contributed by atoms with Crippen LogP contribution in [0.25, 0.3) is 0 Å². The monoisotopic (exact) mass is 301 g/mol. The highest BCUT2D eigenvalue weighted by Crippen LogP contribution is 2.10. The highest BCUT2D eigenvalue weighted by molar-refractivity contribution is 7.91. The number of sulfone groups is 1. The van der Waals surface area contributed by atoms with Crippen LogP contribution < -0.4 is 5.32 Å². The Morgan fingerprint density at radius 2 is 1.95 bits per heavy atom. The molecule has 0 spiro atoms. The van der Waals surface area contributed by atoms with Gasteiger partial charge in [0.05, 0.1) is 23.7 Å². The molecule has 0 amide bonds. The predicted molar refractivity (Wildman–Crippen MR) is 82.5 cm³/mol. The molecule has 1 N–H and O–H groups in total. The largest absolute Gasteiger partial charge is 0.308 e. The second kappa shape index (κ2) is 6.26. The van der Waals surface area contributed by atoms with Crippen molar-refractivity contribution in [1.29, 1.82) is 0 Å². The minimum absolute atomic E-state index is 0.0511. The second-order valence-corrected chi connectivity index (χ2v) is 9.17. The number of hydrogen-bond donors (Lipinski definition) is 1. The maximum atomic E-state index is 11.8. The highest BCUT2D eigenvalue weighted by Gasteiger charge is 2.17. The van der Waals surface area contributed by atoms with E-state index >= 15 is 0 Å². The van der Waals surface area contributed by atoms with Crippen LogP contribution in [0.5, 0.6) is 0 Å². The van der Waals surface area contributed by atoms with Crippen molar-refractivity contribution in [2.24, 2.45) is 0 Å². The lowest BCUT2D eigenvalue weighted by Crippen LogP contribution is -2.35. The van der Waals surface area contributed by atoms with E-state index in [1.807, 2.05) is 13.1 Å². The first-order valence-corrected chi connectivity index (χ1v) is 8.72. The molecule has 0 aliphatic carbocycles. The topological polar surface area (TPSA) is 64.0 Å². The number of rotatable bonds is 6. The normalized spacial score (nSPS) is 13.2. The summed E-state index contributed by atoms with van der Waals surface area (Å²) in [6.45, 7) is 12.9. The van der Waals surface area contributed by atoms with E-state index in [9.17, 15) is 8.42 Å². The van der Waals surface area contributed by atoms with Crippen molar-refractivity contribution < 1.29 is 8.42 Å². The summed E-state index contributed by atoms with van der Waals surface area (Å²) in [6, 6.07) is 0. The SMILES string of the molecule is Cc1c(CNC(C)(C)C)cnn1CCS(=O)(=O)C(C)C. The van der Waals surface area contributed by atoms with Gasteiger partial charge in [-0.1, -0.05) is 0 Å². The summed E-state index contributed by atoms with van der Waals surface area (Å²) in [5.41, 5.74) is 2.19. The van der Waals surface area contributed by atoms with Crippen LogP contribution in [0.1, 0.15) is 45.9 Å². The van der Waals surface area contributed by atoms with E-state index in [0.717, 1.165) is 17.8 Å². The summed E-state index contributed by atoms with van der Waals surface area (Å²) in [5.74, 6) is 0.138. The van der Waals surface area contributed by atoms with Crippen LogP contribution in [0.3, 0.4) is 0 Å². The maximum Gasteiger partial charge on any atom is 0.154 e. The van der Waals surface area contributed by atoms with Gasteiger partial charge in [0.25, 0.3) is 0 Å².